The van der Waals surface area contributed by atoms with E-state index in [4.69, 9.17) is 19.6 Å². The van der Waals surface area contributed by atoms with E-state index in [0.29, 0.717) is 47.9 Å². The third-order valence-corrected chi connectivity index (χ3v) is 8.46. The summed E-state index contributed by atoms with van der Waals surface area (Å²) in [7, 11) is 1.73. The molecule has 1 aromatic carbocycles. The lowest BCUT2D eigenvalue weighted by molar-refractivity contribution is -0.160. The molecule has 0 amide bonds. The van der Waals surface area contributed by atoms with Crippen LogP contribution in [0.15, 0.2) is 36.5 Å². The Kier molecular flexibility index (Phi) is 7.88. The Balaban J connectivity index is 1.59. The normalized spacial score (nSPS) is 16.3. The van der Waals surface area contributed by atoms with Crippen molar-refractivity contribution in [3.8, 4) is 10.7 Å². The first kappa shape index (κ1) is 29.1. The Morgan fingerprint density at radius 1 is 1.22 bits per heavy atom. The zero-order valence-corrected chi connectivity index (χ0v) is 25.1. The van der Waals surface area contributed by atoms with Crippen molar-refractivity contribution in [2.75, 3.05) is 25.1 Å². The second kappa shape index (κ2) is 11.1. The van der Waals surface area contributed by atoms with Crippen LogP contribution in [0.4, 0.5) is 10.2 Å². The molecule has 0 radical (unpaired) electrons. The van der Waals surface area contributed by atoms with Gasteiger partial charge in [-0.05, 0) is 65.2 Å². The van der Waals surface area contributed by atoms with Crippen molar-refractivity contribution in [2.45, 2.75) is 71.2 Å². The highest BCUT2D eigenvalue weighted by Crippen LogP contribution is 2.38. The number of fused-ring (bicyclic) bond motifs is 1. The first-order valence-corrected chi connectivity index (χ1v) is 14.5. The average Bonchev–Trinajstić information content (AvgIpc) is 3.55. The number of methoxy groups -OCH3 is 1. The molecule has 9 nitrogen and oxygen atoms in total. The minimum atomic E-state index is -1.23. The fourth-order valence-corrected chi connectivity index (χ4v) is 6.03. The molecule has 1 atom stereocenters. The number of halogens is 1. The fraction of sp³-hybridized carbons (Fsp3) is 0.467. The average molecular weight is 582 g/mol. The highest BCUT2D eigenvalue weighted by molar-refractivity contribution is 7.15. The maximum atomic E-state index is 13.3. The molecule has 1 aliphatic heterocycles. The summed E-state index contributed by atoms with van der Waals surface area (Å²) >= 11 is 1.51. The van der Waals surface area contributed by atoms with Crippen LogP contribution in [-0.2, 0) is 20.7 Å². The third-order valence-electron chi connectivity index (χ3n) is 7.44. The van der Waals surface area contributed by atoms with Gasteiger partial charge in [0.15, 0.2) is 11.8 Å². The summed E-state index contributed by atoms with van der Waals surface area (Å²) in [6, 6.07) is 8.33. The lowest BCUT2D eigenvalue weighted by Gasteiger charge is -2.40. The second-order valence-electron chi connectivity index (χ2n) is 11.8. The van der Waals surface area contributed by atoms with Crippen LogP contribution in [0.5, 0.6) is 0 Å². The smallest absolute Gasteiger partial charge is 0.337 e. The van der Waals surface area contributed by atoms with Gasteiger partial charge in [-0.2, -0.15) is 9.61 Å². The van der Waals surface area contributed by atoms with Gasteiger partial charge in [0, 0.05) is 49.5 Å². The highest BCUT2D eigenvalue weighted by atomic mass is 32.1. The molecular formula is C30H36FN5O4S. The molecule has 1 fully saturated rings. The maximum absolute atomic E-state index is 13.3. The van der Waals surface area contributed by atoms with Gasteiger partial charge in [-0.1, -0.05) is 12.1 Å². The molecule has 5 rings (SSSR count). The summed E-state index contributed by atoms with van der Waals surface area (Å²) in [4.78, 5) is 25.2. The fourth-order valence-electron chi connectivity index (χ4n) is 5.12. The van der Waals surface area contributed by atoms with Crippen molar-refractivity contribution >= 4 is 28.8 Å². The van der Waals surface area contributed by atoms with Crippen LogP contribution in [0.1, 0.15) is 68.3 Å². The number of piperidine rings is 1. The lowest BCUT2D eigenvalue weighted by Crippen LogP contribution is -2.45. The molecule has 11 heteroatoms. The Morgan fingerprint density at radius 2 is 1.90 bits per heavy atom. The second-order valence-corrected chi connectivity index (χ2v) is 12.9. The third kappa shape index (κ3) is 6.27. The monoisotopic (exact) mass is 581 g/mol. The number of aryl methyl sites for hydroxylation is 1. The SMILES string of the molecule is COC1(C)CCN(c2c([C@H](OC(C)(C)C)C(=O)O)c(C)nc3cc(-c4ncc(Cc5ccc(F)cc5)s4)nn23)CC1. The van der Waals surface area contributed by atoms with Crippen molar-refractivity contribution in [1.82, 2.24) is 19.6 Å². The van der Waals surface area contributed by atoms with Crippen molar-refractivity contribution in [1.29, 1.82) is 0 Å². The molecule has 4 aromatic rings. The Hall–Kier alpha value is -3.41. The van der Waals surface area contributed by atoms with E-state index in [1.807, 2.05) is 40.0 Å². The number of carboxylic acids is 1. The molecule has 1 N–H and O–H groups in total. The van der Waals surface area contributed by atoms with E-state index in [0.717, 1.165) is 28.3 Å². The van der Waals surface area contributed by atoms with Crippen molar-refractivity contribution < 1.29 is 23.8 Å². The van der Waals surface area contributed by atoms with Crippen molar-refractivity contribution in [3.05, 3.63) is 64.0 Å². The lowest BCUT2D eigenvalue weighted by atomic mass is 9.93. The number of carbonyl (C=O) groups is 1. The summed E-state index contributed by atoms with van der Waals surface area (Å²) < 4.78 is 26.9. The number of anilines is 1. The highest BCUT2D eigenvalue weighted by Gasteiger charge is 2.37. The minimum absolute atomic E-state index is 0.247. The van der Waals surface area contributed by atoms with Crippen LogP contribution in [-0.4, -0.2) is 62.1 Å². The number of nitrogens with zero attached hydrogens (tertiary/aromatic N) is 5. The Morgan fingerprint density at radius 3 is 2.51 bits per heavy atom. The van der Waals surface area contributed by atoms with Gasteiger partial charge in [-0.25, -0.2) is 19.2 Å². The summed E-state index contributed by atoms with van der Waals surface area (Å²) in [6.45, 7) is 10.8. The zero-order chi connectivity index (χ0) is 29.5. The van der Waals surface area contributed by atoms with E-state index in [-0.39, 0.29) is 11.4 Å². The van der Waals surface area contributed by atoms with Crippen LogP contribution < -0.4 is 4.90 Å². The number of rotatable bonds is 8. The number of ether oxygens (including phenoxy) is 2. The van der Waals surface area contributed by atoms with Gasteiger partial charge in [0.25, 0.3) is 0 Å². The predicted molar refractivity (Wildman–Crippen MR) is 156 cm³/mol. The standard InChI is InChI=1S/C30H36FN5O4S/c1-18-24(25(28(37)38)40-29(2,3)4)27(35-13-11-30(5,39-6)12-14-35)36-23(33-18)16-22(34-36)26-32-17-21(41-26)15-19-7-9-20(31)10-8-19/h7-10,16-17,25H,11-15H2,1-6H3,(H,37,38)/t25-/m0/s1. The Labute approximate surface area is 243 Å². The summed E-state index contributed by atoms with van der Waals surface area (Å²) in [5, 5.41) is 15.9. The van der Waals surface area contributed by atoms with Crippen LogP contribution in [0.25, 0.3) is 16.3 Å². The van der Waals surface area contributed by atoms with E-state index in [1.165, 1.54) is 23.5 Å². The van der Waals surface area contributed by atoms with Gasteiger partial charge in [-0.15, -0.1) is 11.3 Å². The molecule has 4 heterocycles. The number of benzene rings is 1. The first-order chi connectivity index (χ1) is 19.4. The number of aromatic nitrogens is 4. The van der Waals surface area contributed by atoms with E-state index in [2.05, 4.69) is 16.8 Å². The Bertz CT molecular complexity index is 1550. The van der Waals surface area contributed by atoms with Crippen LogP contribution in [0, 0.1) is 12.7 Å². The van der Waals surface area contributed by atoms with Gasteiger partial charge < -0.3 is 19.5 Å². The molecule has 41 heavy (non-hydrogen) atoms. The molecule has 218 valence electrons. The summed E-state index contributed by atoms with van der Waals surface area (Å²) in [6.07, 6.45) is 2.77. The predicted octanol–water partition coefficient (Wildman–Crippen LogP) is 5.84. The molecule has 1 aliphatic rings. The van der Waals surface area contributed by atoms with Gasteiger partial charge in [-0.3, -0.25) is 0 Å². The van der Waals surface area contributed by atoms with Gasteiger partial charge in [0.2, 0.25) is 0 Å². The summed E-state index contributed by atoms with van der Waals surface area (Å²) in [5.41, 5.74) is 2.36. The number of carboxylic acid groups (broad SMARTS) is 1. The largest absolute Gasteiger partial charge is 0.479 e. The molecule has 0 aliphatic carbocycles. The van der Waals surface area contributed by atoms with Crippen LogP contribution in [0.2, 0.25) is 0 Å². The van der Waals surface area contributed by atoms with Crippen LogP contribution >= 0.6 is 11.3 Å². The van der Waals surface area contributed by atoms with E-state index in [1.54, 1.807) is 23.8 Å². The molecule has 0 saturated carbocycles. The zero-order valence-electron chi connectivity index (χ0n) is 24.3. The number of aliphatic carboxylic acids is 1. The van der Waals surface area contributed by atoms with Gasteiger partial charge in [0.1, 0.15) is 22.3 Å². The van der Waals surface area contributed by atoms with Gasteiger partial charge >= 0.3 is 5.97 Å². The van der Waals surface area contributed by atoms with E-state index in [9.17, 15) is 14.3 Å². The van der Waals surface area contributed by atoms with Crippen molar-refractivity contribution in [3.63, 3.8) is 0 Å². The number of hydrogen-bond acceptors (Lipinski definition) is 8. The maximum Gasteiger partial charge on any atom is 0.337 e. The quantitative estimate of drug-likeness (QED) is 0.277. The van der Waals surface area contributed by atoms with E-state index >= 15 is 0 Å². The van der Waals surface area contributed by atoms with Crippen molar-refractivity contribution in [2.24, 2.45) is 0 Å². The molecular weight excluding hydrogens is 545 g/mol. The molecule has 0 unspecified atom stereocenters. The molecule has 1 saturated heterocycles. The van der Waals surface area contributed by atoms with Crippen LogP contribution in [0.3, 0.4) is 0 Å². The topological polar surface area (TPSA) is 102 Å². The molecule has 0 spiro atoms. The summed E-state index contributed by atoms with van der Waals surface area (Å²) in [5.74, 6) is -0.682. The van der Waals surface area contributed by atoms with E-state index < -0.39 is 17.7 Å². The number of hydrogen-bond donors (Lipinski definition) is 1. The number of thiazole rings is 1. The molecule has 3 aromatic heterocycles. The van der Waals surface area contributed by atoms with Gasteiger partial charge in [0.05, 0.1) is 16.8 Å². The molecule has 0 bridgehead atoms. The first-order valence-electron chi connectivity index (χ1n) is 13.7. The minimum Gasteiger partial charge on any atom is -0.479 e.